The number of benzene rings is 1. The topological polar surface area (TPSA) is 54.3 Å². The molecule has 0 aliphatic carbocycles. The van der Waals surface area contributed by atoms with Crippen molar-refractivity contribution >= 4 is 27.6 Å². The lowest BCUT2D eigenvalue weighted by atomic mass is 10.2. The van der Waals surface area contributed by atoms with Crippen LogP contribution in [-0.2, 0) is 6.54 Å². The molecule has 0 bridgehead atoms. The van der Waals surface area contributed by atoms with Gasteiger partial charge in [-0.3, -0.25) is 0 Å². The Morgan fingerprint density at radius 1 is 1.39 bits per heavy atom. The van der Waals surface area contributed by atoms with E-state index in [2.05, 4.69) is 26.6 Å². The van der Waals surface area contributed by atoms with Crippen LogP contribution >= 0.6 is 15.9 Å². The molecule has 4 nitrogen and oxygen atoms in total. The molecule has 94 valence electrons. The maximum atomic E-state index is 11.7. The molecule has 0 saturated carbocycles. The molecule has 5 heteroatoms. The van der Waals surface area contributed by atoms with Crippen LogP contribution in [0.15, 0.2) is 45.5 Å². The van der Waals surface area contributed by atoms with Crippen molar-refractivity contribution in [3.63, 3.8) is 0 Å². The summed E-state index contributed by atoms with van der Waals surface area (Å²) >= 11 is 3.37. The van der Waals surface area contributed by atoms with Gasteiger partial charge in [-0.15, -0.1) is 0 Å². The van der Waals surface area contributed by atoms with Gasteiger partial charge in [-0.1, -0.05) is 22.0 Å². The van der Waals surface area contributed by atoms with Gasteiger partial charge in [0.05, 0.1) is 12.8 Å². The fourth-order valence-electron chi connectivity index (χ4n) is 1.48. The summed E-state index contributed by atoms with van der Waals surface area (Å²) in [6.45, 7) is 2.31. The molecule has 18 heavy (non-hydrogen) atoms. The highest BCUT2D eigenvalue weighted by molar-refractivity contribution is 9.10. The number of urea groups is 1. The number of hydrogen-bond acceptors (Lipinski definition) is 2. The molecule has 0 aliphatic rings. The van der Waals surface area contributed by atoms with Gasteiger partial charge in [-0.05, 0) is 36.8 Å². The molecule has 0 spiro atoms. The molecule has 0 aliphatic heterocycles. The van der Waals surface area contributed by atoms with Crippen molar-refractivity contribution in [2.24, 2.45) is 0 Å². The zero-order valence-electron chi connectivity index (χ0n) is 9.87. The van der Waals surface area contributed by atoms with E-state index in [-0.39, 0.29) is 6.03 Å². The van der Waals surface area contributed by atoms with Crippen molar-refractivity contribution in [1.29, 1.82) is 0 Å². The second-order valence-corrected chi connectivity index (χ2v) is 4.76. The molecule has 0 fully saturated rings. The van der Waals surface area contributed by atoms with Gasteiger partial charge in [0.25, 0.3) is 0 Å². The largest absolute Gasteiger partial charge is 0.467 e. The van der Waals surface area contributed by atoms with E-state index in [1.807, 2.05) is 31.2 Å². The van der Waals surface area contributed by atoms with E-state index < -0.39 is 0 Å². The van der Waals surface area contributed by atoms with Crippen LogP contribution in [0, 0.1) is 6.92 Å². The fourth-order valence-corrected chi connectivity index (χ4v) is 1.84. The van der Waals surface area contributed by atoms with Crippen LogP contribution in [0.3, 0.4) is 0 Å². The first kappa shape index (κ1) is 12.7. The normalized spacial score (nSPS) is 10.1. The van der Waals surface area contributed by atoms with Crippen molar-refractivity contribution in [2.45, 2.75) is 13.5 Å². The molecule has 0 saturated heterocycles. The summed E-state index contributed by atoms with van der Waals surface area (Å²) in [5.41, 5.74) is 1.78. The highest BCUT2D eigenvalue weighted by Gasteiger charge is 2.05. The van der Waals surface area contributed by atoms with Gasteiger partial charge in [0.2, 0.25) is 0 Å². The molecular weight excluding hydrogens is 296 g/mol. The standard InChI is InChI=1S/C13H13BrN2O2/c1-9-4-5-10(14)7-12(9)16-13(17)15-8-11-3-2-6-18-11/h2-7H,8H2,1H3,(H2,15,16,17). The molecule has 2 rings (SSSR count). The number of carbonyl (C=O) groups is 1. The summed E-state index contributed by atoms with van der Waals surface area (Å²) in [7, 11) is 0. The number of anilines is 1. The van der Waals surface area contributed by atoms with Gasteiger partial charge in [-0.25, -0.2) is 4.79 Å². The van der Waals surface area contributed by atoms with E-state index in [0.717, 1.165) is 21.5 Å². The van der Waals surface area contributed by atoms with Crippen molar-refractivity contribution in [3.8, 4) is 0 Å². The van der Waals surface area contributed by atoms with E-state index in [9.17, 15) is 4.79 Å². The Balaban J connectivity index is 1.92. The van der Waals surface area contributed by atoms with E-state index in [0.29, 0.717) is 6.54 Å². The number of amides is 2. The number of halogens is 1. The van der Waals surface area contributed by atoms with E-state index in [1.54, 1.807) is 12.3 Å². The lowest BCUT2D eigenvalue weighted by Gasteiger charge is -2.09. The Morgan fingerprint density at radius 3 is 2.94 bits per heavy atom. The third kappa shape index (κ3) is 3.37. The smallest absolute Gasteiger partial charge is 0.319 e. The predicted octanol–water partition coefficient (Wildman–Crippen LogP) is 3.67. The average molecular weight is 309 g/mol. The first-order valence-electron chi connectivity index (χ1n) is 5.48. The molecule has 1 aromatic carbocycles. The minimum Gasteiger partial charge on any atom is -0.467 e. The highest BCUT2D eigenvalue weighted by atomic mass is 79.9. The van der Waals surface area contributed by atoms with Gasteiger partial charge >= 0.3 is 6.03 Å². The van der Waals surface area contributed by atoms with Crippen LogP contribution in [0.5, 0.6) is 0 Å². The molecule has 0 radical (unpaired) electrons. The second-order valence-electron chi connectivity index (χ2n) is 3.85. The fraction of sp³-hybridized carbons (Fsp3) is 0.154. The Bertz CT molecular complexity index is 538. The molecule has 2 amide bonds. The number of hydrogen-bond donors (Lipinski definition) is 2. The summed E-state index contributed by atoms with van der Waals surface area (Å²) in [5.74, 6) is 0.719. The third-order valence-electron chi connectivity index (χ3n) is 2.45. The molecule has 0 unspecified atom stereocenters. The molecule has 0 atom stereocenters. The van der Waals surface area contributed by atoms with Crippen LogP contribution < -0.4 is 10.6 Å². The zero-order valence-corrected chi connectivity index (χ0v) is 11.5. The number of rotatable bonds is 3. The summed E-state index contributed by atoms with van der Waals surface area (Å²) in [6.07, 6.45) is 1.58. The van der Waals surface area contributed by atoms with Crippen LogP contribution in [0.4, 0.5) is 10.5 Å². The summed E-state index contributed by atoms with van der Waals surface area (Å²) < 4.78 is 6.05. The first-order chi connectivity index (χ1) is 8.65. The molecular formula is C13H13BrN2O2. The maximum absolute atomic E-state index is 11.7. The van der Waals surface area contributed by atoms with Crippen molar-refractivity contribution in [1.82, 2.24) is 5.32 Å². The Labute approximate surface area is 114 Å². The number of carbonyl (C=O) groups excluding carboxylic acids is 1. The number of furan rings is 1. The van der Waals surface area contributed by atoms with Crippen LogP contribution in [0.2, 0.25) is 0 Å². The van der Waals surface area contributed by atoms with Gasteiger partial charge in [0.1, 0.15) is 5.76 Å². The lowest BCUT2D eigenvalue weighted by Crippen LogP contribution is -2.28. The van der Waals surface area contributed by atoms with Crippen molar-refractivity contribution < 1.29 is 9.21 Å². The summed E-state index contributed by atoms with van der Waals surface area (Å²) in [4.78, 5) is 11.7. The van der Waals surface area contributed by atoms with Gasteiger partial charge < -0.3 is 15.1 Å². The van der Waals surface area contributed by atoms with Crippen LogP contribution in [-0.4, -0.2) is 6.03 Å². The van der Waals surface area contributed by atoms with Crippen LogP contribution in [0.1, 0.15) is 11.3 Å². The van der Waals surface area contributed by atoms with E-state index in [4.69, 9.17) is 4.42 Å². The summed E-state index contributed by atoms with van der Waals surface area (Å²) in [5, 5.41) is 5.51. The highest BCUT2D eigenvalue weighted by Crippen LogP contribution is 2.20. The monoisotopic (exact) mass is 308 g/mol. The van der Waals surface area contributed by atoms with Gasteiger partial charge in [-0.2, -0.15) is 0 Å². The first-order valence-corrected chi connectivity index (χ1v) is 6.28. The maximum Gasteiger partial charge on any atom is 0.319 e. The summed E-state index contributed by atoms with van der Waals surface area (Å²) in [6, 6.07) is 9.07. The third-order valence-corrected chi connectivity index (χ3v) is 2.94. The van der Waals surface area contributed by atoms with Crippen molar-refractivity contribution in [3.05, 3.63) is 52.4 Å². The van der Waals surface area contributed by atoms with E-state index >= 15 is 0 Å². The predicted molar refractivity (Wildman–Crippen MR) is 73.4 cm³/mol. The molecule has 1 heterocycles. The average Bonchev–Trinajstić information content (AvgIpc) is 2.84. The Kier molecular flexibility index (Phi) is 4.04. The number of nitrogens with one attached hydrogen (secondary N) is 2. The van der Waals surface area contributed by atoms with Gasteiger partial charge in [0, 0.05) is 10.2 Å². The second kappa shape index (κ2) is 5.73. The van der Waals surface area contributed by atoms with Gasteiger partial charge in [0.15, 0.2) is 0 Å². The zero-order chi connectivity index (χ0) is 13.0. The minimum absolute atomic E-state index is 0.257. The molecule has 1 aromatic heterocycles. The minimum atomic E-state index is -0.257. The molecule has 2 N–H and O–H groups in total. The van der Waals surface area contributed by atoms with Crippen LogP contribution in [0.25, 0.3) is 0 Å². The van der Waals surface area contributed by atoms with Crippen molar-refractivity contribution in [2.75, 3.05) is 5.32 Å². The Hall–Kier alpha value is -1.75. The lowest BCUT2D eigenvalue weighted by molar-refractivity contribution is 0.251. The quantitative estimate of drug-likeness (QED) is 0.909. The molecule has 2 aromatic rings. The van der Waals surface area contributed by atoms with E-state index in [1.165, 1.54) is 0 Å². The SMILES string of the molecule is Cc1ccc(Br)cc1NC(=O)NCc1ccco1. The number of aryl methyl sites for hydroxylation is 1. The Morgan fingerprint density at radius 2 is 2.22 bits per heavy atom.